The first kappa shape index (κ1) is 12.8. The lowest BCUT2D eigenvalue weighted by Gasteiger charge is -2.29. The van der Waals surface area contributed by atoms with Gasteiger partial charge in [0.2, 0.25) is 5.89 Å². The van der Waals surface area contributed by atoms with Gasteiger partial charge in [0, 0.05) is 20.2 Å². The Balaban J connectivity index is 1.59. The van der Waals surface area contributed by atoms with Gasteiger partial charge in [-0.1, -0.05) is 6.07 Å². The van der Waals surface area contributed by atoms with Crippen LogP contribution in [0.1, 0.15) is 18.7 Å². The molecule has 1 fully saturated rings. The van der Waals surface area contributed by atoms with Crippen molar-refractivity contribution >= 4 is 11.3 Å². The highest BCUT2D eigenvalue weighted by atomic mass is 32.1. The van der Waals surface area contributed by atoms with Crippen LogP contribution in [0.5, 0.6) is 0 Å². The van der Waals surface area contributed by atoms with Crippen LogP contribution in [-0.2, 0) is 11.3 Å². The molecule has 3 rings (SSSR count). The third-order valence-electron chi connectivity index (χ3n) is 3.43. The minimum absolute atomic E-state index is 0.403. The molecule has 6 heteroatoms. The molecule has 0 N–H and O–H groups in total. The number of ether oxygens (including phenoxy) is 1. The second kappa shape index (κ2) is 5.81. The average Bonchev–Trinajstić information content (AvgIpc) is 3.10. The Labute approximate surface area is 116 Å². The van der Waals surface area contributed by atoms with Crippen molar-refractivity contribution in [2.45, 2.75) is 25.5 Å². The second-order valence-electron chi connectivity index (χ2n) is 4.69. The van der Waals surface area contributed by atoms with E-state index in [1.54, 1.807) is 18.4 Å². The van der Waals surface area contributed by atoms with Crippen LogP contribution in [0.3, 0.4) is 0 Å². The maximum absolute atomic E-state index is 5.70. The molecule has 3 heterocycles. The fraction of sp³-hybridized carbons (Fsp3) is 0.538. The summed E-state index contributed by atoms with van der Waals surface area (Å²) in [7, 11) is 1.78. The van der Waals surface area contributed by atoms with Gasteiger partial charge in [0.05, 0.1) is 17.5 Å². The van der Waals surface area contributed by atoms with Gasteiger partial charge in [0.25, 0.3) is 5.89 Å². The molecule has 0 saturated carbocycles. The number of rotatable bonds is 4. The van der Waals surface area contributed by atoms with Crippen LogP contribution in [0.15, 0.2) is 21.9 Å². The minimum atomic E-state index is 0.403. The van der Waals surface area contributed by atoms with E-state index < -0.39 is 0 Å². The number of nitrogens with zero attached hydrogens (tertiary/aromatic N) is 3. The SMILES string of the molecule is COC1CCN(Cc2nnc(-c3cccs3)o2)CC1. The Morgan fingerprint density at radius 1 is 1.42 bits per heavy atom. The predicted molar refractivity (Wildman–Crippen MR) is 72.9 cm³/mol. The Bertz CT molecular complexity index is 504. The molecule has 5 nitrogen and oxygen atoms in total. The predicted octanol–water partition coefficient (Wildman–Crippen LogP) is 2.41. The number of piperidine rings is 1. The Hall–Kier alpha value is -1.24. The topological polar surface area (TPSA) is 51.4 Å². The summed E-state index contributed by atoms with van der Waals surface area (Å²) in [5.41, 5.74) is 0. The Morgan fingerprint density at radius 2 is 2.26 bits per heavy atom. The first-order chi connectivity index (χ1) is 9.35. The van der Waals surface area contributed by atoms with Crippen LogP contribution in [0.2, 0.25) is 0 Å². The number of hydrogen-bond acceptors (Lipinski definition) is 6. The number of methoxy groups -OCH3 is 1. The lowest BCUT2D eigenvalue weighted by atomic mass is 10.1. The van der Waals surface area contributed by atoms with Crippen molar-refractivity contribution in [3.8, 4) is 10.8 Å². The van der Waals surface area contributed by atoms with Crippen LogP contribution in [-0.4, -0.2) is 41.4 Å². The van der Waals surface area contributed by atoms with Crippen LogP contribution in [0, 0.1) is 0 Å². The average molecular weight is 279 g/mol. The highest BCUT2D eigenvalue weighted by Gasteiger charge is 2.20. The van der Waals surface area contributed by atoms with E-state index in [9.17, 15) is 0 Å². The van der Waals surface area contributed by atoms with Gasteiger partial charge >= 0.3 is 0 Å². The molecule has 19 heavy (non-hydrogen) atoms. The van der Waals surface area contributed by atoms with Crippen LogP contribution < -0.4 is 0 Å². The summed E-state index contributed by atoms with van der Waals surface area (Å²) in [5.74, 6) is 1.32. The molecule has 0 aromatic carbocycles. The maximum atomic E-state index is 5.70. The molecule has 0 atom stereocenters. The van der Waals surface area contributed by atoms with E-state index in [4.69, 9.17) is 9.15 Å². The van der Waals surface area contributed by atoms with E-state index >= 15 is 0 Å². The number of hydrogen-bond donors (Lipinski definition) is 0. The third kappa shape index (κ3) is 3.02. The van der Waals surface area contributed by atoms with Crippen molar-refractivity contribution in [2.75, 3.05) is 20.2 Å². The molecule has 102 valence electrons. The number of thiophene rings is 1. The first-order valence-electron chi connectivity index (χ1n) is 6.46. The molecular formula is C13H17N3O2S. The monoisotopic (exact) mass is 279 g/mol. The summed E-state index contributed by atoms with van der Waals surface area (Å²) in [5, 5.41) is 10.2. The maximum Gasteiger partial charge on any atom is 0.257 e. The van der Waals surface area contributed by atoms with Gasteiger partial charge in [-0.05, 0) is 24.3 Å². The first-order valence-corrected chi connectivity index (χ1v) is 7.34. The standard InChI is InChI=1S/C13H17N3O2S/c1-17-10-4-6-16(7-5-10)9-12-14-15-13(18-12)11-3-2-8-19-11/h2-3,8,10H,4-7,9H2,1H3. The van der Waals surface area contributed by atoms with E-state index in [1.807, 2.05) is 17.5 Å². The quantitative estimate of drug-likeness (QED) is 0.860. The molecule has 0 bridgehead atoms. The molecule has 1 aliphatic heterocycles. The van der Waals surface area contributed by atoms with Gasteiger partial charge < -0.3 is 9.15 Å². The zero-order chi connectivity index (χ0) is 13.1. The van der Waals surface area contributed by atoms with Crippen molar-refractivity contribution < 1.29 is 9.15 Å². The van der Waals surface area contributed by atoms with Gasteiger partial charge in [0.1, 0.15) is 0 Å². The Morgan fingerprint density at radius 3 is 2.95 bits per heavy atom. The molecule has 1 aliphatic rings. The Kier molecular flexibility index (Phi) is 3.91. The molecule has 1 saturated heterocycles. The molecule has 0 spiro atoms. The summed E-state index contributed by atoms with van der Waals surface area (Å²) in [6.07, 6.45) is 2.55. The smallest absolute Gasteiger partial charge is 0.257 e. The molecule has 0 unspecified atom stereocenters. The van der Waals surface area contributed by atoms with Gasteiger partial charge in [0.15, 0.2) is 0 Å². The molecule has 0 amide bonds. The summed E-state index contributed by atoms with van der Waals surface area (Å²) in [6.45, 7) is 2.78. The minimum Gasteiger partial charge on any atom is -0.419 e. The van der Waals surface area contributed by atoms with Gasteiger partial charge in [-0.15, -0.1) is 21.5 Å². The van der Waals surface area contributed by atoms with Gasteiger partial charge in [-0.2, -0.15) is 0 Å². The van der Waals surface area contributed by atoms with Crippen LogP contribution in [0.4, 0.5) is 0 Å². The van der Waals surface area contributed by atoms with E-state index in [1.165, 1.54) is 0 Å². The van der Waals surface area contributed by atoms with Crippen molar-refractivity contribution in [2.24, 2.45) is 0 Å². The molecular weight excluding hydrogens is 262 g/mol. The summed E-state index contributed by atoms with van der Waals surface area (Å²) >= 11 is 1.61. The summed E-state index contributed by atoms with van der Waals surface area (Å²) in [4.78, 5) is 3.36. The van der Waals surface area contributed by atoms with E-state index in [0.717, 1.165) is 37.4 Å². The number of aromatic nitrogens is 2. The lowest BCUT2D eigenvalue weighted by molar-refractivity contribution is 0.0365. The van der Waals surface area contributed by atoms with Gasteiger partial charge in [-0.3, -0.25) is 4.90 Å². The fourth-order valence-electron chi connectivity index (χ4n) is 2.31. The van der Waals surface area contributed by atoms with Crippen LogP contribution in [0.25, 0.3) is 10.8 Å². The lowest BCUT2D eigenvalue weighted by Crippen LogP contribution is -2.36. The highest BCUT2D eigenvalue weighted by molar-refractivity contribution is 7.13. The summed E-state index contributed by atoms with van der Waals surface area (Å²) < 4.78 is 11.1. The van der Waals surface area contributed by atoms with E-state index in [2.05, 4.69) is 15.1 Å². The van der Waals surface area contributed by atoms with Crippen molar-refractivity contribution in [3.05, 3.63) is 23.4 Å². The second-order valence-corrected chi connectivity index (χ2v) is 5.64. The zero-order valence-corrected chi connectivity index (χ0v) is 11.7. The van der Waals surface area contributed by atoms with Crippen molar-refractivity contribution in [1.29, 1.82) is 0 Å². The van der Waals surface area contributed by atoms with Crippen molar-refractivity contribution in [1.82, 2.24) is 15.1 Å². The summed E-state index contributed by atoms with van der Waals surface area (Å²) in [6, 6.07) is 3.98. The highest BCUT2D eigenvalue weighted by Crippen LogP contribution is 2.23. The molecule has 0 aliphatic carbocycles. The third-order valence-corrected chi connectivity index (χ3v) is 4.28. The van der Waals surface area contributed by atoms with Crippen LogP contribution >= 0.6 is 11.3 Å². The molecule has 0 radical (unpaired) electrons. The normalized spacial score (nSPS) is 17.9. The largest absolute Gasteiger partial charge is 0.419 e. The van der Waals surface area contributed by atoms with E-state index in [-0.39, 0.29) is 0 Å². The zero-order valence-electron chi connectivity index (χ0n) is 10.9. The number of likely N-dealkylation sites (tertiary alicyclic amines) is 1. The van der Waals surface area contributed by atoms with Crippen molar-refractivity contribution in [3.63, 3.8) is 0 Å². The molecule has 2 aromatic heterocycles. The van der Waals surface area contributed by atoms with Gasteiger partial charge in [-0.25, -0.2) is 0 Å². The molecule has 2 aromatic rings. The fourth-order valence-corrected chi connectivity index (χ4v) is 2.96. The van der Waals surface area contributed by atoms with E-state index in [0.29, 0.717) is 17.9 Å².